The molecule has 0 unspecified atom stereocenters. The highest BCUT2D eigenvalue weighted by Gasteiger charge is 2.20. The number of allylic oxidation sites excluding steroid dienone is 2. The lowest BCUT2D eigenvalue weighted by atomic mass is 10.3. The van der Waals surface area contributed by atoms with E-state index in [2.05, 4.69) is 4.98 Å². The SMILES string of the molecule is C/C=C\Cn1c(=O)c2c(nc3n(-c4ccc(O)cc4)c(C)cn23)n(C)c1=O. The quantitative estimate of drug-likeness (QED) is 0.560. The Labute approximate surface area is 153 Å². The third-order valence-electron chi connectivity index (χ3n) is 4.66. The van der Waals surface area contributed by atoms with Crippen LogP contribution in [0.2, 0.25) is 0 Å². The number of aromatic nitrogens is 5. The molecule has 1 N–H and O–H groups in total. The number of nitrogens with zero attached hydrogens (tertiary/aromatic N) is 5. The number of rotatable bonds is 3. The van der Waals surface area contributed by atoms with Crippen molar-refractivity contribution in [1.82, 2.24) is 23.1 Å². The average molecular weight is 365 g/mol. The van der Waals surface area contributed by atoms with Crippen molar-refractivity contribution in [2.75, 3.05) is 0 Å². The first-order chi connectivity index (χ1) is 12.9. The number of hydrogen-bond acceptors (Lipinski definition) is 4. The maximum Gasteiger partial charge on any atom is 0.332 e. The van der Waals surface area contributed by atoms with Gasteiger partial charge in [0.25, 0.3) is 5.56 Å². The molecule has 1 aromatic carbocycles. The molecule has 27 heavy (non-hydrogen) atoms. The van der Waals surface area contributed by atoms with E-state index in [9.17, 15) is 14.7 Å². The molecule has 0 saturated carbocycles. The first kappa shape index (κ1) is 16.9. The molecule has 0 spiro atoms. The van der Waals surface area contributed by atoms with Crippen LogP contribution in [0.3, 0.4) is 0 Å². The van der Waals surface area contributed by atoms with Crippen LogP contribution in [-0.4, -0.2) is 28.2 Å². The van der Waals surface area contributed by atoms with Crippen molar-refractivity contribution >= 4 is 16.9 Å². The first-order valence-corrected chi connectivity index (χ1v) is 8.54. The lowest BCUT2D eigenvalue weighted by molar-refractivity contribution is 0.475. The average Bonchev–Trinajstić information content (AvgIpc) is 3.15. The molecule has 0 aliphatic heterocycles. The van der Waals surface area contributed by atoms with Gasteiger partial charge >= 0.3 is 5.69 Å². The molecule has 0 radical (unpaired) electrons. The van der Waals surface area contributed by atoms with Crippen LogP contribution in [0.5, 0.6) is 5.75 Å². The third kappa shape index (κ3) is 2.41. The highest BCUT2D eigenvalue weighted by atomic mass is 16.3. The number of imidazole rings is 2. The summed E-state index contributed by atoms with van der Waals surface area (Å²) in [6, 6.07) is 6.72. The van der Waals surface area contributed by atoms with Crippen LogP contribution in [-0.2, 0) is 13.6 Å². The Morgan fingerprint density at radius 3 is 2.56 bits per heavy atom. The summed E-state index contributed by atoms with van der Waals surface area (Å²) < 4.78 is 6.18. The van der Waals surface area contributed by atoms with E-state index in [4.69, 9.17) is 0 Å². The fourth-order valence-electron chi connectivity index (χ4n) is 3.30. The van der Waals surface area contributed by atoms with Gasteiger partial charge in [-0.3, -0.25) is 22.9 Å². The van der Waals surface area contributed by atoms with Crippen LogP contribution in [0.4, 0.5) is 0 Å². The predicted octanol–water partition coefficient (Wildman–Crippen LogP) is 1.73. The Morgan fingerprint density at radius 2 is 1.89 bits per heavy atom. The van der Waals surface area contributed by atoms with Crippen molar-refractivity contribution in [2.24, 2.45) is 7.05 Å². The van der Waals surface area contributed by atoms with E-state index >= 15 is 0 Å². The molecule has 8 nitrogen and oxygen atoms in total. The maximum atomic E-state index is 13.0. The first-order valence-electron chi connectivity index (χ1n) is 8.54. The summed E-state index contributed by atoms with van der Waals surface area (Å²) in [6.45, 7) is 3.96. The smallest absolute Gasteiger partial charge is 0.332 e. The van der Waals surface area contributed by atoms with Crippen molar-refractivity contribution in [1.29, 1.82) is 0 Å². The van der Waals surface area contributed by atoms with E-state index in [1.54, 1.807) is 47.9 Å². The highest BCUT2D eigenvalue weighted by Crippen LogP contribution is 2.22. The Bertz CT molecular complexity index is 1320. The molecule has 4 aromatic rings. The van der Waals surface area contributed by atoms with E-state index in [1.807, 2.05) is 24.6 Å². The Hall–Kier alpha value is -3.55. The van der Waals surface area contributed by atoms with Gasteiger partial charge in [0, 0.05) is 31.2 Å². The van der Waals surface area contributed by atoms with Crippen LogP contribution in [0.25, 0.3) is 22.6 Å². The minimum Gasteiger partial charge on any atom is -0.508 e. The molecule has 0 bridgehead atoms. The largest absolute Gasteiger partial charge is 0.508 e. The van der Waals surface area contributed by atoms with Gasteiger partial charge in [-0.2, -0.15) is 4.98 Å². The summed E-state index contributed by atoms with van der Waals surface area (Å²) in [4.78, 5) is 30.1. The molecule has 3 heterocycles. The number of aromatic hydroxyl groups is 1. The van der Waals surface area contributed by atoms with Gasteiger partial charge in [0.15, 0.2) is 11.2 Å². The molecule has 0 aliphatic rings. The van der Waals surface area contributed by atoms with Gasteiger partial charge in [-0.05, 0) is 38.1 Å². The molecular formula is C19H19N5O3. The lowest BCUT2D eigenvalue weighted by Crippen LogP contribution is -2.39. The highest BCUT2D eigenvalue weighted by molar-refractivity contribution is 5.76. The van der Waals surface area contributed by atoms with Crippen molar-refractivity contribution in [3.63, 3.8) is 0 Å². The maximum absolute atomic E-state index is 13.0. The minimum atomic E-state index is -0.403. The summed E-state index contributed by atoms with van der Waals surface area (Å²) in [5.74, 6) is 0.700. The van der Waals surface area contributed by atoms with Crippen LogP contribution in [0.15, 0.2) is 52.2 Å². The zero-order valence-corrected chi connectivity index (χ0v) is 15.2. The van der Waals surface area contributed by atoms with E-state index < -0.39 is 5.69 Å². The normalized spacial score (nSPS) is 12.0. The summed E-state index contributed by atoms with van der Waals surface area (Å²) in [5, 5.41) is 9.54. The van der Waals surface area contributed by atoms with Gasteiger partial charge in [0.1, 0.15) is 5.75 Å². The standard InChI is InChI=1S/C19H19N5O3/c1-4-5-10-22-17(26)15-16(21(3)19(22)27)20-18-23(15)11-12(2)24(18)13-6-8-14(25)9-7-13/h4-9,11,25H,10H2,1-3H3/b5-4-. The Morgan fingerprint density at radius 1 is 1.19 bits per heavy atom. The molecule has 0 aliphatic carbocycles. The van der Waals surface area contributed by atoms with Crippen molar-refractivity contribution < 1.29 is 5.11 Å². The predicted molar refractivity (Wildman–Crippen MR) is 103 cm³/mol. The Balaban J connectivity index is 2.10. The van der Waals surface area contributed by atoms with Crippen molar-refractivity contribution in [3.8, 4) is 11.4 Å². The third-order valence-corrected chi connectivity index (χ3v) is 4.66. The number of benzene rings is 1. The molecule has 3 aromatic heterocycles. The second kappa shape index (κ2) is 6.01. The van der Waals surface area contributed by atoms with Gasteiger partial charge in [0.05, 0.1) is 0 Å². The summed E-state index contributed by atoms with van der Waals surface area (Å²) >= 11 is 0. The summed E-state index contributed by atoms with van der Waals surface area (Å²) in [5.41, 5.74) is 1.59. The van der Waals surface area contributed by atoms with E-state index in [0.29, 0.717) is 16.9 Å². The number of phenolic OH excluding ortho intramolecular Hbond substituents is 1. The second-order valence-corrected chi connectivity index (χ2v) is 6.40. The molecule has 8 heteroatoms. The van der Waals surface area contributed by atoms with Gasteiger partial charge in [0.2, 0.25) is 5.78 Å². The van der Waals surface area contributed by atoms with Gasteiger partial charge < -0.3 is 5.11 Å². The molecule has 0 amide bonds. The fourth-order valence-corrected chi connectivity index (χ4v) is 3.30. The number of hydrogen-bond donors (Lipinski definition) is 1. The number of phenols is 1. The second-order valence-electron chi connectivity index (χ2n) is 6.40. The summed E-state index contributed by atoms with van der Waals surface area (Å²) in [6.07, 6.45) is 5.39. The monoisotopic (exact) mass is 365 g/mol. The van der Waals surface area contributed by atoms with E-state index in [-0.39, 0.29) is 17.9 Å². The number of aryl methyl sites for hydroxylation is 2. The Kier molecular flexibility index (Phi) is 3.76. The van der Waals surface area contributed by atoms with E-state index in [0.717, 1.165) is 11.4 Å². The van der Waals surface area contributed by atoms with Crippen molar-refractivity contribution in [3.05, 3.63) is 69.1 Å². The minimum absolute atomic E-state index is 0.169. The van der Waals surface area contributed by atoms with Crippen LogP contribution < -0.4 is 11.2 Å². The topological polar surface area (TPSA) is 86.5 Å². The molecule has 0 saturated heterocycles. The molecule has 138 valence electrons. The molecule has 4 rings (SSSR count). The fraction of sp³-hybridized carbons (Fsp3) is 0.211. The summed E-state index contributed by atoms with van der Waals surface area (Å²) in [7, 11) is 1.61. The molecule has 0 atom stereocenters. The molecular weight excluding hydrogens is 346 g/mol. The number of fused-ring (bicyclic) bond motifs is 3. The van der Waals surface area contributed by atoms with Crippen LogP contribution >= 0.6 is 0 Å². The van der Waals surface area contributed by atoms with E-state index in [1.165, 1.54) is 9.13 Å². The van der Waals surface area contributed by atoms with Gasteiger partial charge in [-0.25, -0.2) is 4.79 Å². The van der Waals surface area contributed by atoms with Crippen LogP contribution in [0, 0.1) is 6.92 Å². The van der Waals surface area contributed by atoms with Gasteiger partial charge in [-0.1, -0.05) is 12.2 Å². The van der Waals surface area contributed by atoms with Gasteiger partial charge in [-0.15, -0.1) is 0 Å². The molecule has 0 fully saturated rings. The lowest BCUT2D eigenvalue weighted by Gasteiger charge is -2.06. The zero-order valence-electron chi connectivity index (χ0n) is 15.2. The van der Waals surface area contributed by atoms with Crippen LogP contribution in [0.1, 0.15) is 12.6 Å². The zero-order chi connectivity index (χ0) is 19.3. The van der Waals surface area contributed by atoms with Crippen molar-refractivity contribution in [2.45, 2.75) is 20.4 Å².